The third-order valence-corrected chi connectivity index (χ3v) is 3.83. The second-order valence-corrected chi connectivity index (χ2v) is 5.84. The van der Waals surface area contributed by atoms with Gasteiger partial charge in [-0.2, -0.15) is 0 Å². The van der Waals surface area contributed by atoms with Crippen LogP contribution < -0.4 is 24.8 Å². The highest BCUT2D eigenvalue weighted by atomic mass is 16.5. The molecule has 0 fully saturated rings. The Morgan fingerprint density at radius 3 is 1.90 bits per heavy atom. The summed E-state index contributed by atoms with van der Waals surface area (Å²) < 4.78 is 20.6. The number of anilines is 2. The summed E-state index contributed by atoms with van der Waals surface area (Å²) in [6, 6.07) is 10.2. The van der Waals surface area contributed by atoms with Crippen molar-refractivity contribution in [3.8, 4) is 17.2 Å². The summed E-state index contributed by atoms with van der Waals surface area (Å²) in [6.07, 6.45) is 3.04. The van der Waals surface area contributed by atoms with Crippen molar-refractivity contribution in [2.45, 2.75) is 0 Å². The molecule has 0 unspecified atom stereocenters. The third kappa shape index (κ3) is 6.25. The average molecular weight is 400 g/mol. The number of amides is 2. The number of hydrogen-bond donors (Lipinski definition) is 2. The zero-order valence-electron chi connectivity index (χ0n) is 16.8. The van der Waals surface area contributed by atoms with Gasteiger partial charge in [0, 0.05) is 24.6 Å². The van der Waals surface area contributed by atoms with Crippen molar-refractivity contribution in [3.63, 3.8) is 0 Å². The van der Waals surface area contributed by atoms with Gasteiger partial charge in [0.15, 0.2) is 11.5 Å². The molecule has 0 saturated heterocycles. The minimum atomic E-state index is -0.310. The molecule has 0 aliphatic carbocycles. The lowest BCUT2D eigenvalue weighted by Crippen LogP contribution is -2.17. The Labute approximate surface area is 169 Å². The maximum atomic E-state index is 12.2. The highest BCUT2D eigenvalue weighted by Crippen LogP contribution is 2.38. The van der Waals surface area contributed by atoms with Crippen LogP contribution in [0.1, 0.15) is 5.56 Å². The van der Waals surface area contributed by atoms with Gasteiger partial charge >= 0.3 is 0 Å². The largest absolute Gasteiger partial charge is 0.493 e. The van der Waals surface area contributed by atoms with Gasteiger partial charge in [0.05, 0.1) is 21.3 Å². The van der Waals surface area contributed by atoms with Gasteiger partial charge in [-0.1, -0.05) is 0 Å². The lowest BCUT2D eigenvalue weighted by Gasteiger charge is -2.12. The summed E-state index contributed by atoms with van der Waals surface area (Å²) in [5.41, 5.74) is 1.91. The number of methoxy groups -OCH3 is 4. The molecule has 2 aromatic carbocycles. The molecular formula is C21H24N2O6. The minimum absolute atomic E-state index is 0.0236. The van der Waals surface area contributed by atoms with Crippen molar-refractivity contribution in [1.82, 2.24) is 0 Å². The number of benzene rings is 2. The van der Waals surface area contributed by atoms with Gasteiger partial charge in [-0.15, -0.1) is 0 Å². The molecule has 8 heteroatoms. The van der Waals surface area contributed by atoms with Crippen LogP contribution in [0.5, 0.6) is 17.2 Å². The lowest BCUT2D eigenvalue weighted by atomic mass is 10.1. The molecule has 0 bridgehead atoms. The topological polar surface area (TPSA) is 95.1 Å². The number of nitrogens with one attached hydrogen (secondary N) is 2. The van der Waals surface area contributed by atoms with E-state index in [1.165, 1.54) is 34.5 Å². The van der Waals surface area contributed by atoms with Crippen LogP contribution in [0.25, 0.3) is 6.08 Å². The Hall–Kier alpha value is -3.52. The maximum Gasteiger partial charge on any atom is 0.250 e. The van der Waals surface area contributed by atoms with E-state index in [0.29, 0.717) is 34.2 Å². The quantitative estimate of drug-likeness (QED) is 0.629. The standard InChI is InChI=1S/C21H24N2O6/c1-26-13-20(25)23-16-8-6-15(7-9-16)22-19(24)10-5-14-11-17(27-2)21(29-4)18(12-14)28-3/h5-12H,13H2,1-4H3,(H,22,24)(H,23,25). The van der Waals surface area contributed by atoms with E-state index in [0.717, 1.165) is 0 Å². The summed E-state index contributed by atoms with van der Waals surface area (Å²) in [4.78, 5) is 23.7. The molecule has 2 aromatic rings. The molecule has 2 amide bonds. The van der Waals surface area contributed by atoms with Crippen LogP contribution in [-0.4, -0.2) is 46.9 Å². The van der Waals surface area contributed by atoms with Crippen molar-refractivity contribution in [1.29, 1.82) is 0 Å². The zero-order chi connectivity index (χ0) is 21.2. The fraction of sp³-hybridized carbons (Fsp3) is 0.238. The van der Waals surface area contributed by atoms with Gasteiger partial charge in [-0.25, -0.2) is 0 Å². The molecule has 2 rings (SSSR count). The second-order valence-electron chi connectivity index (χ2n) is 5.84. The fourth-order valence-electron chi connectivity index (χ4n) is 2.52. The zero-order valence-corrected chi connectivity index (χ0v) is 16.8. The van der Waals surface area contributed by atoms with Gasteiger partial charge < -0.3 is 29.6 Å². The Morgan fingerprint density at radius 1 is 0.862 bits per heavy atom. The smallest absolute Gasteiger partial charge is 0.250 e. The number of carbonyl (C=O) groups excluding carboxylic acids is 2. The molecule has 0 spiro atoms. The summed E-state index contributed by atoms with van der Waals surface area (Å²) in [5, 5.41) is 5.42. The molecule has 154 valence electrons. The second kappa shape index (κ2) is 10.7. The normalized spacial score (nSPS) is 10.5. The van der Waals surface area contributed by atoms with Gasteiger partial charge in [0.2, 0.25) is 17.6 Å². The molecule has 0 aliphatic heterocycles. The van der Waals surface area contributed by atoms with Crippen molar-refractivity contribution in [3.05, 3.63) is 48.0 Å². The van der Waals surface area contributed by atoms with Crippen molar-refractivity contribution >= 4 is 29.3 Å². The van der Waals surface area contributed by atoms with Gasteiger partial charge in [0.25, 0.3) is 0 Å². The fourth-order valence-corrected chi connectivity index (χ4v) is 2.52. The van der Waals surface area contributed by atoms with Crippen LogP contribution in [0, 0.1) is 0 Å². The number of hydrogen-bond acceptors (Lipinski definition) is 6. The first kappa shape index (κ1) is 21.8. The summed E-state index contributed by atoms with van der Waals surface area (Å²) in [5.74, 6) is 0.915. The molecule has 0 heterocycles. The molecule has 0 saturated carbocycles. The Morgan fingerprint density at radius 2 is 1.41 bits per heavy atom. The lowest BCUT2D eigenvalue weighted by molar-refractivity contribution is -0.119. The van der Waals surface area contributed by atoms with E-state index in [1.54, 1.807) is 42.5 Å². The predicted molar refractivity (Wildman–Crippen MR) is 111 cm³/mol. The van der Waals surface area contributed by atoms with Gasteiger partial charge in [-0.3, -0.25) is 9.59 Å². The van der Waals surface area contributed by atoms with E-state index < -0.39 is 0 Å². The van der Waals surface area contributed by atoms with Crippen molar-refractivity contribution < 1.29 is 28.5 Å². The van der Waals surface area contributed by atoms with Crippen molar-refractivity contribution in [2.75, 3.05) is 45.7 Å². The van der Waals surface area contributed by atoms with Gasteiger partial charge in [0.1, 0.15) is 6.61 Å². The van der Waals surface area contributed by atoms with E-state index in [1.807, 2.05) is 0 Å². The number of rotatable bonds is 9. The highest BCUT2D eigenvalue weighted by molar-refractivity contribution is 6.02. The Balaban J connectivity index is 2.03. The summed E-state index contributed by atoms with van der Waals surface area (Å²) in [6.45, 7) is -0.0236. The number of carbonyl (C=O) groups is 2. The van der Waals surface area contributed by atoms with E-state index in [2.05, 4.69) is 10.6 Å². The van der Waals surface area contributed by atoms with Crippen LogP contribution in [0.3, 0.4) is 0 Å². The monoisotopic (exact) mass is 400 g/mol. The maximum absolute atomic E-state index is 12.2. The first-order valence-corrected chi connectivity index (χ1v) is 8.68. The molecule has 0 atom stereocenters. The summed E-state index contributed by atoms with van der Waals surface area (Å²) in [7, 11) is 6.03. The molecule has 29 heavy (non-hydrogen) atoms. The predicted octanol–water partition coefficient (Wildman–Crippen LogP) is 2.95. The Bertz CT molecular complexity index is 852. The van der Waals surface area contributed by atoms with Crippen LogP contribution in [-0.2, 0) is 14.3 Å². The summed E-state index contributed by atoms with van der Waals surface area (Å²) >= 11 is 0. The molecule has 0 aliphatic rings. The van der Waals surface area contributed by atoms with E-state index in [9.17, 15) is 9.59 Å². The SMILES string of the molecule is COCC(=O)Nc1ccc(NC(=O)C=Cc2cc(OC)c(OC)c(OC)c2)cc1. The molecular weight excluding hydrogens is 376 g/mol. The van der Waals surface area contributed by atoms with E-state index in [4.69, 9.17) is 18.9 Å². The minimum Gasteiger partial charge on any atom is -0.493 e. The first-order valence-electron chi connectivity index (χ1n) is 8.68. The van der Waals surface area contributed by atoms with Crippen LogP contribution in [0.15, 0.2) is 42.5 Å². The molecule has 0 aromatic heterocycles. The van der Waals surface area contributed by atoms with E-state index in [-0.39, 0.29) is 18.4 Å². The number of ether oxygens (including phenoxy) is 4. The van der Waals surface area contributed by atoms with Gasteiger partial charge in [-0.05, 0) is 48.0 Å². The Kier molecular flexibility index (Phi) is 8.05. The molecule has 2 N–H and O–H groups in total. The average Bonchev–Trinajstić information content (AvgIpc) is 2.72. The van der Waals surface area contributed by atoms with E-state index >= 15 is 0 Å². The molecule has 0 radical (unpaired) electrons. The van der Waals surface area contributed by atoms with Crippen molar-refractivity contribution in [2.24, 2.45) is 0 Å². The van der Waals surface area contributed by atoms with Crippen LogP contribution in [0.2, 0.25) is 0 Å². The molecule has 8 nitrogen and oxygen atoms in total. The van der Waals surface area contributed by atoms with Crippen LogP contribution >= 0.6 is 0 Å². The van der Waals surface area contributed by atoms with Crippen LogP contribution in [0.4, 0.5) is 11.4 Å². The third-order valence-electron chi connectivity index (χ3n) is 3.83. The highest BCUT2D eigenvalue weighted by Gasteiger charge is 2.12. The first-order chi connectivity index (χ1) is 14.0.